The van der Waals surface area contributed by atoms with E-state index in [-0.39, 0.29) is 6.61 Å². The van der Waals surface area contributed by atoms with Gasteiger partial charge in [-0.2, -0.15) is 0 Å². The van der Waals surface area contributed by atoms with E-state index in [4.69, 9.17) is 10.5 Å². The number of aromatic amines is 1. The number of nitrogens with two attached hydrogens (primary N) is 1. The van der Waals surface area contributed by atoms with E-state index < -0.39 is 12.0 Å². The van der Waals surface area contributed by atoms with Gasteiger partial charge in [-0.3, -0.25) is 4.79 Å². The second-order valence-electron chi connectivity index (χ2n) is 3.36. The zero-order chi connectivity index (χ0) is 12.3. The van der Waals surface area contributed by atoms with Crippen LogP contribution in [0.3, 0.4) is 0 Å². The molecule has 2 aromatic rings. The van der Waals surface area contributed by atoms with Crippen LogP contribution in [0.1, 0.15) is 0 Å². The molecule has 0 saturated heterocycles. The monoisotopic (exact) mass is 236 g/mol. The summed E-state index contributed by atoms with van der Waals surface area (Å²) in [5.41, 5.74) is 6.21. The minimum Gasteiger partial charge on any atom is -0.475 e. The van der Waals surface area contributed by atoms with Gasteiger partial charge in [0, 0.05) is 6.20 Å². The van der Waals surface area contributed by atoms with Gasteiger partial charge in [0.2, 0.25) is 5.88 Å². The molecule has 0 spiro atoms. The van der Waals surface area contributed by atoms with Crippen molar-refractivity contribution in [2.45, 2.75) is 6.04 Å². The first-order chi connectivity index (χ1) is 8.22. The SMILES string of the molecule is COC(=O)C(N)COc1ncnc2[nH]ccc12. The average molecular weight is 236 g/mol. The number of fused-ring (bicyclic) bond motifs is 1. The van der Waals surface area contributed by atoms with Crippen LogP contribution in [0.25, 0.3) is 11.0 Å². The van der Waals surface area contributed by atoms with E-state index in [1.54, 1.807) is 12.3 Å². The Morgan fingerprint density at radius 2 is 2.41 bits per heavy atom. The van der Waals surface area contributed by atoms with Crippen molar-refractivity contribution >= 4 is 17.0 Å². The van der Waals surface area contributed by atoms with E-state index in [2.05, 4.69) is 19.7 Å². The van der Waals surface area contributed by atoms with E-state index in [1.807, 2.05) is 0 Å². The Morgan fingerprint density at radius 3 is 3.18 bits per heavy atom. The van der Waals surface area contributed by atoms with Crippen molar-refractivity contribution in [3.8, 4) is 5.88 Å². The van der Waals surface area contributed by atoms with Gasteiger partial charge in [-0.1, -0.05) is 0 Å². The first kappa shape index (κ1) is 11.3. The number of methoxy groups -OCH3 is 1. The zero-order valence-electron chi connectivity index (χ0n) is 9.21. The number of hydrogen-bond acceptors (Lipinski definition) is 6. The number of H-pyrrole nitrogens is 1. The van der Waals surface area contributed by atoms with Gasteiger partial charge in [0.05, 0.1) is 12.5 Å². The summed E-state index contributed by atoms with van der Waals surface area (Å²) in [5, 5.41) is 0.740. The smallest absolute Gasteiger partial charge is 0.326 e. The lowest BCUT2D eigenvalue weighted by atomic mass is 10.3. The number of esters is 1. The summed E-state index contributed by atoms with van der Waals surface area (Å²) < 4.78 is 9.86. The highest BCUT2D eigenvalue weighted by Crippen LogP contribution is 2.19. The average Bonchev–Trinajstić information content (AvgIpc) is 2.83. The van der Waals surface area contributed by atoms with E-state index in [9.17, 15) is 4.79 Å². The van der Waals surface area contributed by atoms with Crippen molar-refractivity contribution in [3.63, 3.8) is 0 Å². The number of carbonyl (C=O) groups excluding carboxylic acids is 1. The standard InChI is InChI=1S/C10H12N4O3/c1-16-10(15)7(11)4-17-9-6-2-3-12-8(6)13-5-14-9/h2-3,5,7H,4,11H2,1H3,(H,12,13,14). The summed E-state index contributed by atoms with van der Waals surface area (Å²) in [5.74, 6) is -0.139. The molecule has 90 valence electrons. The van der Waals surface area contributed by atoms with Gasteiger partial charge in [0.1, 0.15) is 24.6 Å². The molecule has 3 N–H and O–H groups in total. The number of nitrogens with zero attached hydrogens (tertiary/aromatic N) is 2. The predicted molar refractivity (Wildman–Crippen MR) is 59.4 cm³/mol. The van der Waals surface area contributed by atoms with Gasteiger partial charge < -0.3 is 20.2 Å². The molecular weight excluding hydrogens is 224 g/mol. The molecule has 0 saturated carbocycles. The number of carbonyl (C=O) groups is 1. The summed E-state index contributed by atoms with van der Waals surface area (Å²) in [4.78, 5) is 22.0. The van der Waals surface area contributed by atoms with Crippen LogP contribution in [0.5, 0.6) is 5.88 Å². The van der Waals surface area contributed by atoms with Crippen molar-refractivity contribution in [1.29, 1.82) is 0 Å². The molecule has 1 atom stereocenters. The third-order valence-corrected chi connectivity index (χ3v) is 2.22. The van der Waals surface area contributed by atoms with Gasteiger partial charge >= 0.3 is 5.97 Å². The number of rotatable bonds is 4. The number of ether oxygens (including phenoxy) is 2. The largest absolute Gasteiger partial charge is 0.475 e. The lowest BCUT2D eigenvalue weighted by Crippen LogP contribution is -2.37. The van der Waals surface area contributed by atoms with Crippen LogP contribution in [0, 0.1) is 0 Å². The van der Waals surface area contributed by atoms with Gasteiger partial charge in [-0.15, -0.1) is 0 Å². The number of aromatic nitrogens is 3. The molecule has 0 amide bonds. The van der Waals surface area contributed by atoms with Crippen LogP contribution in [0.15, 0.2) is 18.6 Å². The number of hydrogen-bond donors (Lipinski definition) is 2. The lowest BCUT2D eigenvalue weighted by molar-refractivity contribution is -0.142. The van der Waals surface area contributed by atoms with E-state index in [0.717, 1.165) is 5.39 Å². The summed E-state index contributed by atoms with van der Waals surface area (Å²) in [6, 6.07) is 0.956. The second-order valence-corrected chi connectivity index (χ2v) is 3.36. The molecule has 7 heteroatoms. The Hall–Kier alpha value is -2.15. The van der Waals surface area contributed by atoms with Crippen LogP contribution >= 0.6 is 0 Å². The maximum Gasteiger partial charge on any atom is 0.326 e. The highest BCUT2D eigenvalue weighted by atomic mass is 16.5. The van der Waals surface area contributed by atoms with Crippen molar-refractivity contribution < 1.29 is 14.3 Å². The summed E-state index contributed by atoms with van der Waals surface area (Å²) in [6.45, 7) is 0.00394. The van der Waals surface area contributed by atoms with Gasteiger partial charge in [0.25, 0.3) is 0 Å². The van der Waals surface area contributed by atoms with Crippen molar-refractivity contribution in [2.24, 2.45) is 5.73 Å². The second kappa shape index (κ2) is 4.79. The van der Waals surface area contributed by atoms with Crippen LogP contribution in [0.4, 0.5) is 0 Å². The predicted octanol–water partition coefficient (Wildman–Crippen LogP) is -0.163. The third kappa shape index (κ3) is 2.34. The fourth-order valence-electron chi connectivity index (χ4n) is 1.35. The maximum absolute atomic E-state index is 11.1. The quantitative estimate of drug-likeness (QED) is 0.715. The van der Waals surface area contributed by atoms with Crippen molar-refractivity contribution in [3.05, 3.63) is 18.6 Å². The molecule has 7 nitrogen and oxygen atoms in total. The molecule has 0 aliphatic rings. The van der Waals surface area contributed by atoms with E-state index in [0.29, 0.717) is 11.5 Å². The van der Waals surface area contributed by atoms with Crippen LogP contribution < -0.4 is 10.5 Å². The molecule has 2 rings (SSSR count). The molecule has 0 bridgehead atoms. The Morgan fingerprint density at radius 1 is 1.59 bits per heavy atom. The molecule has 2 aromatic heterocycles. The summed E-state index contributed by atoms with van der Waals surface area (Å²) >= 11 is 0. The molecule has 2 heterocycles. The maximum atomic E-state index is 11.1. The Labute approximate surface area is 96.9 Å². The van der Waals surface area contributed by atoms with Gasteiger partial charge in [-0.05, 0) is 6.07 Å². The van der Waals surface area contributed by atoms with Crippen molar-refractivity contribution in [1.82, 2.24) is 15.0 Å². The molecule has 1 unspecified atom stereocenters. The molecule has 0 aliphatic carbocycles. The Balaban J connectivity index is 2.09. The van der Waals surface area contributed by atoms with Crippen LogP contribution in [0.2, 0.25) is 0 Å². The fraction of sp³-hybridized carbons (Fsp3) is 0.300. The van der Waals surface area contributed by atoms with E-state index in [1.165, 1.54) is 13.4 Å². The van der Waals surface area contributed by atoms with Crippen LogP contribution in [-0.4, -0.2) is 40.7 Å². The Kier molecular flexibility index (Phi) is 3.20. The first-order valence-corrected chi connectivity index (χ1v) is 4.96. The molecular formula is C10H12N4O3. The first-order valence-electron chi connectivity index (χ1n) is 4.96. The molecule has 0 aromatic carbocycles. The summed E-state index contributed by atoms with van der Waals surface area (Å²) in [7, 11) is 1.28. The molecule has 0 fully saturated rings. The third-order valence-electron chi connectivity index (χ3n) is 2.22. The Bertz CT molecular complexity index is 525. The van der Waals surface area contributed by atoms with Gasteiger partial charge in [0.15, 0.2) is 0 Å². The zero-order valence-corrected chi connectivity index (χ0v) is 9.21. The minimum atomic E-state index is -0.830. The lowest BCUT2D eigenvalue weighted by Gasteiger charge is -2.10. The highest BCUT2D eigenvalue weighted by Gasteiger charge is 2.15. The van der Waals surface area contributed by atoms with Crippen LogP contribution in [-0.2, 0) is 9.53 Å². The minimum absolute atomic E-state index is 0.00394. The van der Waals surface area contributed by atoms with E-state index >= 15 is 0 Å². The molecule has 0 radical (unpaired) electrons. The fourth-order valence-corrected chi connectivity index (χ4v) is 1.35. The normalized spacial score (nSPS) is 12.4. The molecule has 0 aliphatic heterocycles. The van der Waals surface area contributed by atoms with Crippen molar-refractivity contribution in [2.75, 3.05) is 13.7 Å². The molecule has 17 heavy (non-hydrogen) atoms. The topological polar surface area (TPSA) is 103 Å². The number of nitrogens with one attached hydrogen (secondary N) is 1. The summed E-state index contributed by atoms with van der Waals surface area (Å²) in [6.07, 6.45) is 3.10. The van der Waals surface area contributed by atoms with Gasteiger partial charge in [-0.25, -0.2) is 9.97 Å². The highest BCUT2D eigenvalue weighted by molar-refractivity contribution is 5.80.